The van der Waals surface area contributed by atoms with Crippen molar-refractivity contribution in [2.45, 2.75) is 59.3 Å². The highest BCUT2D eigenvalue weighted by Crippen LogP contribution is 2.37. The lowest BCUT2D eigenvalue weighted by Gasteiger charge is -2.19. The Balaban J connectivity index is 1.29. The first-order valence-electron chi connectivity index (χ1n) is 19.5. The molecule has 0 saturated heterocycles. The van der Waals surface area contributed by atoms with Crippen molar-refractivity contribution >= 4 is 45.1 Å². The van der Waals surface area contributed by atoms with E-state index in [1.54, 1.807) is 36.5 Å². The largest absolute Gasteiger partial charge is 0.496 e. The number of aliphatic hydroxyl groups is 1. The quantitative estimate of drug-likeness (QED) is 0.0509. The summed E-state index contributed by atoms with van der Waals surface area (Å²) in [5.74, 6) is -0.152. The smallest absolute Gasteiger partial charge is 0.306 e. The average Bonchev–Trinajstić information content (AvgIpc) is 3.22. The van der Waals surface area contributed by atoms with Crippen molar-refractivity contribution in [2.24, 2.45) is 0 Å². The molecule has 63 heavy (non-hydrogen) atoms. The number of benzene rings is 4. The van der Waals surface area contributed by atoms with E-state index in [1.807, 2.05) is 55.0 Å². The summed E-state index contributed by atoms with van der Waals surface area (Å²) in [5.41, 5.74) is 8.15. The van der Waals surface area contributed by atoms with Gasteiger partial charge in [-0.15, -0.1) is 0 Å². The minimum absolute atomic E-state index is 0.0281. The fraction of sp³-hybridized carbons (Fsp3) is 0.289. The van der Waals surface area contributed by atoms with Gasteiger partial charge >= 0.3 is 5.97 Å². The van der Waals surface area contributed by atoms with Crippen molar-refractivity contribution in [3.05, 3.63) is 134 Å². The predicted molar refractivity (Wildman–Crippen MR) is 237 cm³/mol. The first-order chi connectivity index (χ1) is 30.0. The molecule has 5 aromatic rings. The number of nitriles is 1. The molecule has 0 radical (unpaired) electrons. The number of ether oxygens (including phenoxy) is 4. The average molecular weight is 921 g/mol. The van der Waals surface area contributed by atoms with Crippen LogP contribution in [-0.2, 0) is 52.5 Å². The normalized spacial score (nSPS) is 11.7. The molecule has 15 nitrogen and oxygen atoms in total. The van der Waals surface area contributed by atoms with Crippen LogP contribution in [0.1, 0.15) is 50.9 Å². The van der Waals surface area contributed by atoms with Gasteiger partial charge in [0.1, 0.15) is 48.9 Å². The topological polar surface area (TPSA) is 218 Å². The molecule has 5 rings (SSSR count). The molecule has 5 N–H and O–H groups in total. The van der Waals surface area contributed by atoms with E-state index in [-0.39, 0.29) is 46.0 Å². The van der Waals surface area contributed by atoms with Gasteiger partial charge in [-0.1, -0.05) is 59.6 Å². The number of sulfonamides is 1. The monoisotopic (exact) mass is 919 g/mol. The van der Waals surface area contributed by atoms with Crippen molar-refractivity contribution in [2.75, 3.05) is 26.5 Å². The number of carbonyl (C=O) groups is 2. The Morgan fingerprint density at radius 3 is 1.90 bits per heavy atom. The number of nitrogens with zero attached hydrogens (tertiary/aromatic N) is 2. The van der Waals surface area contributed by atoms with Crippen LogP contribution in [0.25, 0.3) is 11.1 Å². The molecule has 0 aliphatic heterocycles. The van der Waals surface area contributed by atoms with Gasteiger partial charge in [-0.25, -0.2) is 8.42 Å². The molecule has 0 bridgehead atoms. The summed E-state index contributed by atoms with van der Waals surface area (Å²) in [5, 5.41) is 34.9. The number of carboxylic acids is 1. The molecule has 18 heteroatoms. The third kappa shape index (κ3) is 14.0. The third-order valence-corrected chi connectivity index (χ3v) is 10.9. The van der Waals surface area contributed by atoms with Crippen LogP contribution in [0.2, 0.25) is 10.0 Å². The molecule has 0 spiro atoms. The highest BCUT2D eigenvalue weighted by atomic mass is 35.5. The minimum Gasteiger partial charge on any atom is -0.496 e. The van der Waals surface area contributed by atoms with Crippen LogP contribution in [0, 0.1) is 25.2 Å². The van der Waals surface area contributed by atoms with E-state index in [0.29, 0.717) is 55.3 Å². The Labute approximate surface area is 375 Å². The molecular formula is C45H47Cl2N5O10S. The number of hydrogen-bond donors (Lipinski definition) is 5. The summed E-state index contributed by atoms with van der Waals surface area (Å²) in [6, 6.07) is 22.4. The van der Waals surface area contributed by atoms with Crippen molar-refractivity contribution in [3.8, 4) is 40.2 Å². The summed E-state index contributed by atoms with van der Waals surface area (Å²) in [6.07, 6.45) is 2.46. The number of halogens is 2. The van der Waals surface area contributed by atoms with Gasteiger partial charge in [-0.2, -0.15) is 5.26 Å². The van der Waals surface area contributed by atoms with Crippen LogP contribution in [0.3, 0.4) is 0 Å². The SMILES string of the molecule is COc1cc(OCc2cccc(-c3cccc(COc4cc(OCc5cncc(C#N)c5)c(CNC[C@@H](O)CC(=O)O)cc4Cl)c3C)c2C)c(Cl)cc1CNCC(=O)NS(C)(=O)=O. The second-order valence-corrected chi connectivity index (χ2v) is 17.1. The summed E-state index contributed by atoms with van der Waals surface area (Å²) in [6.45, 7) is 4.69. The second kappa shape index (κ2) is 22.4. The van der Waals surface area contributed by atoms with Crippen LogP contribution >= 0.6 is 23.2 Å². The van der Waals surface area contributed by atoms with E-state index in [9.17, 15) is 28.4 Å². The van der Waals surface area contributed by atoms with Gasteiger partial charge in [-0.05, 0) is 65.4 Å². The Kier molecular flexibility index (Phi) is 17.1. The van der Waals surface area contributed by atoms with Crippen LogP contribution in [0.15, 0.2) is 79.1 Å². The van der Waals surface area contributed by atoms with Crippen molar-refractivity contribution in [1.29, 1.82) is 5.26 Å². The van der Waals surface area contributed by atoms with Crippen molar-refractivity contribution in [3.63, 3.8) is 0 Å². The maximum atomic E-state index is 11.9. The molecule has 0 saturated carbocycles. The number of rotatable bonds is 22. The number of methoxy groups -OCH3 is 1. The molecule has 1 atom stereocenters. The van der Waals surface area contributed by atoms with E-state index < -0.39 is 34.4 Å². The minimum atomic E-state index is -3.67. The Bertz CT molecular complexity index is 2600. The first-order valence-corrected chi connectivity index (χ1v) is 22.1. The predicted octanol–water partition coefficient (Wildman–Crippen LogP) is 6.38. The number of carbonyl (C=O) groups excluding carboxylic acids is 1. The fourth-order valence-electron chi connectivity index (χ4n) is 6.54. The molecule has 332 valence electrons. The van der Waals surface area contributed by atoms with E-state index in [2.05, 4.69) is 21.7 Å². The van der Waals surface area contributed by atoms with E-state index >= 15 is 0 Å². The highest BCUT2D eigenvalue weighted by Gasteiger charge is 2.18. The Hall–Kier alpha value is -5.93. The summed E-state index contributed by atoms with van der Waals surface area (Å²) in [4.78, 5) is 27.0. The standard InChI is InChI=1S/C45H47Cl2N5O10S/c1-27-31(25-61-42-15-40(59-3)33(12-38(42)46)20-51-23-44(54)52-63(4,57)58)7-5-9-36(27)37-10-6-8-32(28(37)2)26-62-43-16-41(60-24-30-11-29(17-48)18-49-19-30)34(13-39(43)47)21-50-22-35(53)14-45(55)56/h5-13,15-16,18-19,35,50-51,53H,14,20-26H2,1-4H3,(H,52,54)(H,55,56)/t35-/m0/s1. The number of aromatic nitrogens is 1. The maximum absolute atomic E-state index is 11.9. The Morgan fingerprint density at radius 1 is 0.794 bits per heavy atom. The third-order valence-electron chi connectivity index (χ3n) is 9.72. The number of amides is 1. The van der Waals surface area contributed by atoms with Crippen LogP contribution in [0.5, 0.6) is 23.0 Å². The first kappa shape index (κ1) is 48.1. The number of carboxylic acid groups (broad SMARTS) is 1. The van der Waals surface area contributed by atoms with Gasteiger partial charge in [0, 0.05) is 60.9 Å². The number of aliphatic carboxylic acids is 1. The molecule has 0 unspecified atom stereocenters. The molecule has 0 aliphatic carbocycles. The molecule has 1 amide bonds. The lowest BCUT2D eigenvalue weighted by Crippen LogP contribution is -2.36. The molecule has 0 aliphatic rings. The lowest BCUT2D eigenvalue weighted by molar-refractivity contribution is -0.139. The van der Waals surface area contributed by atoms with Crippen molar-refractivity contribution < 1.29 is 47.2 Å². The van der Waals surface area contributed by atoms with Gasteiger partial charge in [0.2, 0.25) is 15.9 Å². The summed E-state index contributed by atoms with van der Waals surface area (Å²) in [7, 11) is -2.17. The number of pyridine rings is 1. The highest BCUT2D eigenvalue weighted by molar-refractivity contribution is 7.89. The number of aliphatic hydroxyl groups excluding tert-OH is 1. The van der Waals surface area contributed by atoms with Crippen LogP contribution in [0.4, 0.5) is 0 Å². The van der Waals surface area contributed by atoms with E-state index in [0.717, 1.165) is 39.6 Å². The van der Waals surface area contributed by atoms with E-state index in [4.69, 9.17) is 47.3 Å². The fourth-order valence-corrected chi connectivity index (χ4v) is 7.50. The van der Waals surface area contributed by atoms with Crippen LogP contribution in [-0.4, -0.2) is 68.1 Å². The van der Waals surface area contributed by atoms with Gasteiger partial charge in [0.05, 0.1) is 48.0 Å². The Morgan fingerprint density at radius 2 is 1.35 bits per heavy atom. The van der Waals surface area contributed by atoms with Gasteiger partial charge in [0.15, 0.2) is 0 Å². The number of hydrogen-bond acceptors (Lipinski definition) is 13. The molecule has 4 aromatic carbocycles. The molecule has 0 fully saturated rings. The summed E-state index contributed by atoms with van der Waals surface area (Å²) >= 11 is 13.4. The maximum Gasteiger partial charge on any atom is 0.306 e. The van der Waals surface area contributed by atoms with Crippen molar-refractivity contribution in [1.82, 2.24) is 20.3 Å². The molecule has 1 heterocycles. The summed E-state index contributed by atoms with van der Waals surface area (Å²) < 4.78 is 48.8. The number of nitrogens with one attached hydrogen (secondary N) is 3. The molecular weight excluding hydrogens is 873 g/mol. The zero-order valence-corrected chi connectivity index (χ0v) is 37.3. The lowest BCUT2D eigenvalue weighted by atomic mass is 9.92. The van der Waals surface area contributed by atoms with Gasteiger partial charge in [-0.3, -0.25) is 19.3 Å². The zero-order chi connectivity index (χ0) is 45.7. The van der Waals surface area contributed by atoms with Gasteiger partial charge in [0.25, 0.3) is 0 Å². The van der Waals surface area contributed by atoms with Gasteiger partial charge < -0.3 is 39.8 Å². The second-order valence-electron chi connectivity index (χ2n) is 14.5. The van der Waals surface area contributed by atoms with Crippen LogP contribution < -0.4 is 34.3 Å². The zero-order valence-electron chi connectivity index (χ0n) is 35.0. The molecule has 1 aromatic heterocycles. The van der Waals surface area contributed by atoms with E-state index in [1.165, 1.54) is 13.3 Å².